The summed E-state index contributed by atoms with van der Waals surface area (Å²) in [4.78, 5) is 12.1. The van der Waals surface area contributed by atoms with Crippen molar-refractivity contribution in [1.82, 2.24) is 5.32 Å². The second-order valence-electron chi connectivity index (χ2n) is 6.43. The van der Waals surface area contributed by atoms with Gasteiger partial charge in [-0.25, -0.2) is 4.39 Å². The van der Waals surface area contributed by atoms with Crippen molar-refractivity contribution in [2.45, 2.75) is 12.5 Å². The molecule has 1 amide bonds. The van der Waals surface area contributed by atoms with Gasteiger partial charge in [0.15, 0.2) is 6.61 Å². The number of hydrogen-bond acceptors (Lipinski definition) is 3. The molecule has 0 bridgehead atoms. The van der Waals surface area contributed by atoms with Gasteiger partial charge in [-0.05, 0) is 34.9 Å². The molecule has 0 saturated carbocycles. The van der Waals surface area contributed by atoms with Crippen molar-refractivity contribution < 1.29 is 19.0 Å². The van der Waals surface area contributed by atoms with Crippen LogP contribution in [-0.4, -0.2) is 24.2 Å². The summed E-state index contributed by atoms with van der Waals surface area (Å²) in [5.74, 6) is -0.140. The van der Waals surface area contributed by atoms with E-state index in [1.165, 1.54) is 18.2 Å². The number of benzene rings is 3. The molecule has 0 aliphatic rings. The molecule has 28 heavy (non-hydrogen) atoms. The van der Waals surface area contributed by atoms with Crippen LogP contribution in [0.3, 0.4) is 0 Å². The van der Waals surface area contributed by atoms with Crippen molar-refractivity contribution in [3.05, 3.63) is 101 Å². The van der Waals surface area contributed by atoms with Crippen molar-refractivity contribution in [2.24, 2.45) is 0 Å². The van der Waals surface area contributed by atoms with Crippen LogP contribution >= 0.6 is 0 Å². The van der Waals surface area contributed by atoms with Crippen LogP contribution in [0, 0.1) is 5.82 Å². The smallest absolute Gasteiger partial charge is 0.258 e. The largest absolute Gasteiger partial charge is 0.483 e. The van der Waals surface area contributed by atoms with Gasteiger partial charge < -0.3 is 15.2 Å². The van der Waals surface area contributed by atoms with E-state index in [0.717, 1.165) is 11.1 Å². The molecule has 0 heterocycles. The Hall–Kier alpha value is -3.18. The molecule has 1 atom stereocenters. The van der Waals surface area contributed by atoms with Crippen LogP contribution in [0.25, 0.3) is 0 Å². The van der Waals surface area contributed by atoms with Crippen molar-refractivity contribution in [3.8, 4) is 5.75 Å². The minimum absolute atomic E-state index is 0.0166. The first-order chi connectivity index (χ1) is 13.6. The van der Waals surface area contributed by atoms with Gasteiger partial charge in [0, 0.05) is 13.0 Å². The summed E-state index contributed by atoms with van der Waals surface area (Å²) in [5, 5.41) is 12.7. The van der Waals surface area contributed by atoms with E-state index in [2.05, 4.69) is 5.32 Å². The van der Waals surface area contributed by atoms with E-state index in [4.69, 9.17) is 4.74 Å². The summed E-state index contributed by atoms with van der Waals surface area (Å²) < 4.78 is 18.9. The van der Waals surface area contributed by atoms with Crippen LogP contribution in [0.1, 0.15) is 22.8 Å². The quantitative estimate of drug-likeness (QED) is 0.628. The summed E-state index contributed by atoms with van der Waals surface area (Å²) in [6, 6.07) is 23.3. The number of ether oxygens (including phenoxy) is 1. The first-order valence-electron chi connectivity index (χ1n) is 9.06. The average molecular weight is 379 g/mol. The zero-order chi connectivity index (χ0) is 19.8. The molecule has 0 spiro atoms. The molecule has 0 fully saturated rings. The number of rotatable bonds is 8. The normalized spacial score (nSPS) is 11.6. The number of carbonyl (C=O) groups is 1. The minimum atomic E-state index is -0.981. The Morgan fingerprint density at radius 2 is 1.75 bits per heavy atom. The first kappa shape index (κ1) is 19.6. The van der Waals surface area contributed by atoms with Gasteiger partial charge in [0.25, 0.3) is 5.91 Å². The zero-order valence-corrected chi connectivity index (χ0v) is 15.3. The van der Waals surface area contributed by atoms with Crippen LogP contribution in [0.5, 0.6) is 5.75 Å². The van der Waals surface area contributed by atoms with Crippen molar-refractivity contribution in [3.63, 3.8) is 0 Å². The highest BCUT2D eigenvalue weighted by Gasteiger charge is 2.11. The van der Waals surface area contributed by atoms with E-state index in [-0.39, 0.29) is 19.1 Å². The molecule has 5 heteroatoms. The van der Waals surface area contributed by atoms with Crippen LogP contribution < -0.4 is 10.1 Å². The highest BCUT2D eigenvalue weighted by molar-refractivity contribution is 5.77. The Balaban J connectivity index is 1.52. The first-order valence-corrected chi connectivity index (χ1v) is 9.06. The molecule has 0 radical (unpaired) electrons. The molecule has 1 unspecified atom stereocenters. The average Bonchev–Trinajstić information content (AvgIpc) is 2.72. The third kappa shape index (κ3) is 5.66. The number of nitrogens with one attached hydrogen (secondary N) is 1. The summed E-state index contributed by atoms with van der Waals surface area (Å²) in [6.45, 7) is -0.182. The lowest BCUT2D eigenvalue weighted by Gasteiger charge is -2.14. The maximum absolute atomic E-state index is 13.2. The molecule has 2 N–H and O–H groups in total. The Morgan fingerprint density at radius 3 is 2.54 bits per heavy atom. The number of carbonyl (C=O) groups excluding carboxylic acids is 1. The molecule has 144 valence electrons. The van der Waals surface area contributed by atoms with Gasteiger partial charge in [0.05, 0.1) is 6.10 Å². The predicted molar refractivity (Wildman–Crippen MR) is 106 cm³/mol. The summed E-state index contributed by atoms with van der Waals surface area (Å²) in [6.07, 6.45) is -0.276. The fourth-order valence-electron chi connectivity index (χ4n) is 2.84. The van der Waals surface area contributed by atoms with Gasteiger partial charge >= 0.3 is 0 Å². The van der Waals surface area contributed by atoms with E-state index in [0.29, 0.717) is 17.7 Å². The molecular formula is C23H22FNO3. The lowest BCUT2D eigenvalue weighted by molar-refractivity contribution is -0.123. The van der Waals surface area contributed by atoms with Crippen molar-refractivity contribution in [2.75, 3.05) is 13.2 Å². The number of aliphatic hydroxyl groups excluding tert-OH is 1. The summed E-state index contributed by atoms with van der Waals surface area (Å²) in [7, 11) is 0. The zero-order valence-electron chi connectivity index (χ0n) is 15.3. The summed E-state index contributed by atoms with van der Waals surface area (Å²) >= 11 is 0. The molecule has 0 saturated heterocycles. The van der Waals surface area contributed by atoms with Crippen LogP contribution in [0.2, 0.25) is 0 Å². The number of amides is 1. The van der Waals surface area contributed by atoms with Crippen molar-refractivity contribution >= 4 is 5.91 Å². The lowest BCUT2D eigenvalue weighted by atomic mass is 10.0. The van der Waals surface area contributed by atoms with Crippen molar-refractivity contribution in [1.29, 1.82) is 0 Å². The third-order valence-electron chi connectivity index (χ3n) is 4.29. The second-order valence-corrected chi connectivity index (χ2v) is 6.43. The van der Waals surface area contributed by atoms with Crippen LogP contribution in [-0.2, 0) is 11.2 Å². The Kier molecular flexibility index (Phi) is 6.76. The van der Waals surface area contributed by atoms with E-state index in [1.807, 2.05) is 54.6 Å². The monoisotopic (exact) mass is 379 g/mol. The molecular weight excluding hydrogens is 357 g/mol. The van der Waals surface area contributed by atoms with E-state index >= 15 is 0 Å². The lowest BCUT2D eigenvalue weighted by Crippen LogP contribution is -2.32. The number of aliphatic hydroxyl groups is 1. The van der Waals surface area contributed by atoms with E-state index in [1.54, 1.807) is 6.07 Å². The van der Waals surface area contributed by atoms with Gasteiger partial charge in [0.2, 0.25) is 0 Å². The standard InChI is InChI=1S/C23H22FNO3/c24-20-11-6-10-18(14-20)21(26)15-25-23(27)16-28-22-12-5-4-9-19(22)13-17-7-2-1-3-8-17/h1-12,14,21,26H,13,15-16H2,(H,25,27). The van der Waals surface area contributed by atoms with Crippen LogP contribution in [0.15, 0.2) is 78.9 Å². The highest BCUT2D eigenvalue weighted by atomic mass is 19.1. The third-order valence-corrected chi connectivity index (χ3v) is 4.29. The number of hydrogen-bond donors (Lipinski definition) is 2. The number of halogens is 1. The Labute approximate surface area is 163 Å². The molecule has 0 aromatic heterocycles. The highest BCUT2D eigenvalue weighted by Crippen LogP contribution is 2.21. The second kappa shape index (κ2) is 9.67. The molecule has 3 rings (SSSR count). The molecule has 3 aromatic rings. The van der Waals surface area contributed by atoms with Crippen LogP contribution in [0.4, 0.5) is 4.39 Å². The Morgan fingerprint density at radius 1 is 1.00 bits per heavy atom. The number of para-hydroxylation sites is 1. The topological polar surface area (TPSA) is 58.6 Å². The maximum atomic E-state index is 13.2. The molecule has 0 aliphatic heterocycles. The van der Waals surface area contributed by atoms with Gasteiger partial charge in [-0.1, -0.05) is 60.7 Å². The summed E-state index contributed by atoms with van der Waals surface area (Å²) in [5.41, 5.74) is 2.55. The fourth-order valence-corrected chi connectivity index (χ4v) is 2.84. The van der Waals surface area contributed by atoms with Gasteiger partial charge in [-0.3, -0.25) is 4.79 Å². The fraction of sp³-hybridized carbons (Fsp3) is 0.174. The maximum Gasteiger partial charge on any atom is 0.258 e. The molecule has 3 aromatic carbocycles. The molecule has 0 aliphatic carbocycles. The SMILES string of the molecule is O=C(COc1ccccc1Cc1ccccc1)NCC(O)c1cccc(F)c1. The van der Waals surface area contributed by atoms with Gasteiger partial charge in [-0.15, -0.1) is 0 Å². The van der Waals surface area contributed by atoms with E-state index < -0.39 is 11.9 Å². The van der Waals surface area contributed by atoms with E-state index in [9.17, 15) is 14.3 Å². The minimum Gasteiger partial charge on any atom is -0.483 e. The Bertz CT molecular complexity index is 914. The molecule has 4 nitrogen and oxygen atoms in total. The predicted octanol–water partition coefficient (Wildman–Crippen LogP) is 3.65. The van der Waals surface area contributed by atoms with Gasteiger partial charge in [0.1, 0.15) is 11.6 Å². The van der Waals surface area contributed by atoms with Gasteiger partial charge in [-0.2, -0.15) is 0 Å².